The minimum absolute atomic E-state index is 0.997. The maximum atomic E-state index is 4.45. The monoisotopic (exact) mass is 274 g/mol. The fourth-order valence-corrected chi connectivity index (χ4v) is 3.22. The van der Waals surface area contributed by atoms with Crippen LogP contribution < -0.4 is 0 Å². The minimum atomic E-state index is 0.997. The average Bonchev–Trinajstić information content (AvgIpc) is 2.55. The van der Waals surface area contributed by atoms with Crippen LogP contribution in [0.2, 0.25) is 0 Å². The number of rotatable bonds is 2. The van der Waals surface area contributed by atoms with Crippen LogP contribution in [0.5, 0.6) is 0 Å². The van der Waals surface area contributed by atoms with Crippen molar-refractivity contribution in [3.05, 3.63) is 77.5 Å². The van der Waals surface area contributed by atoms with Crippen LogP contribution >= 0.6 is 0 Å². The van der Waals surface area contributed by atoms with Crippen LogP contribution in [0.3, 0.4) is 0 Å². The van der Waals surface area contributed by atoms with Crippen LogP contribution in [0.15, 0.2) is 60.8 Å². The van der Waals surface area contributed by atoms with E-state index in [0.717, 1.165) is 31.6 Å². The molecule has 1 aromatic heterocycles. The summed E-state index contributed by atoms with van der Waals surface area (Å²) in [6.45, 7) is 3.18. The first-order valence-electron chi connectivity index (χ1n) is 7.52. The Kier molecular flexibility index (Phi) is 3.17. The fraction of sp³-hybridized carbons (Fsp3) is 0.211. The Morgan fingerprint density at radius 1 is 0.905 bits per heavy atom. The molecule has 0 fully saturated rings. The van der Waals surface area contributed by atoms with E-state index in [1.165, 1.54) is 22.1 Å². The van der Waals surface area contributed by atoms with Crippen molar-refractivity contribution in [3.8, 4) is 0 Å². The highest BCUT2D eigenvalue weighted by Crippen LogP contribution is 2.23. The van der Waals surface area contributed by atoms with Crippen molar-refractivity contribution in [3.63, 3.8) is 0 Å². The number of fused-ring (bicyclic) bond motifs is 2. The highest BCUT2D eigenvalue weighted by molar-refractivity contribution is 5.81. The summed E-state index contributed by atoms with van der Waals surface area (Å²) in [5.41, 5.74) is 5.45. The van der Waals surface area contributed by atoms with Crippen molar-refractivity contribution < 1.29 is 0 Å². The third kappa shape index (κ3) is 2.43. The van der Waals surface area contributed by atoms with Crippen molar-refractivity contribution in [2.75, 3.05) is 6.54 Å². The Labute approximate surface area is 125 Å². The fourth-order valence-electron chi connectivity index (χ4n) is 3.22. The maximum Gasteiger partial charge on any atom is 0.0705 e. The van der Waals surface area contributed by atoms with Gasteiger partial charge in [0, 0.05) is 31.2 Å². The lowest BCUT2D eigenvalue weighted by molar-refractivity contribution is 0.246. The zero-order valence-electron chi connectivity index (χ0n) is 12.0. The third-order valence-corrected chi connectivity index (χ3v) is 4.34. The molecule has 1 aliphatic heterocycles. The van der Waals surface area contributed by atoms with Gasteiger partial charge in [-0.2, -0.15) is 0 Å². The molecule has 0 spiro atoms. The molecule has 2 heterocycles. The molecule has 0 radical (unpaired) electrons. The molecular formula is C19H18N2. The molecule has 2 aromatic carbocycles. The van der Waals surface area contributed by atoms with E-state index in [1.54, 1.807) is 0 Å². The molecule has 4 rings (SSSR count). The SMILES string of the molecule is c1ccc2c(c1)CCN(Cc1ccnc3ccccc13)C2. The highest BCUT2D eigenvalue weighted by atomic mass is 15.1. The van der Waals surface area contributed by atoms with Gasteiger partial charge in [0.1, 0.15) is 0 Å². The number of benzene rings is 2. The van der Waals surface area contributed by atoms with Gasteiger partial charge in [-0.3, -0.25) is 9.88 Å². The molecular weight excluding hydrogens is 256 g/mol. The Morgan fingerprint density at radius 3 is 2.67 bits per heavy atom. The Hall–Kier alpha value is -2.19. The van der Waals surface area contributed by atoms with Crippen LogP contribution in [0.25, 0.3) is 10.9 Å². The van der Waals surface area contributed by atoms with Gasteiger partial charge in [-0.1, -0.05) is 42.5 Å². The molecule has 21 heavy (non-hydrogen) atoms. The predicted molar refractivity (Wildman–Crippen MR) is 86.0 cm³/mol. The first-order chi connectivity index (χ1) is 10.4. The second-order valence-corrected chi connectivity index (χ2v) is 5.72. The lowest BCUT2D eigenvalue weighted by Gasteiger charge is -2.29. The topological polar surface area (TPSA) is 16.1 Å². The molecule has 104 valence electrons. The predicted octanol–water partition coefficient (Wildman–Crippen LogP) is 3.79. The minimum Gasteiger partial charge on any atom is -0.294 e. The number of para-hydroxylation sites is 1. The lowest BCUT2D eigenvalue weighted by Crippen LogP contribution is -2.30. The van der Waals surface area contributed by atoms with Gasteiger partial charge in [0.05, 0.1) is 5.52 Å². The Bertz CT molecular complexity index is 774. The van der Waals surface area contributed by atoms with Crippen molar-refractivity contribution in [1.82, 2.24) is 9.88 Å². The summed E-state index contributed by atoms with van der Waals surface area (Å²) in [5.74, 6) is 0. The smallest absolute Gasteiger partial charge is 0.0705 e. The normalized spacial score (nSPS) is 15.0. The van der Waals surface area contributed by atoms with Gasteiger partial charge in [-0.05, 0) is 35.2 Å². The van der Waals surface area contributed by atoms with E-state index >= 15 is 0 Å². The number of hydrogen-bond acceptors (Lipinski definition) is 2. The van der Waals surface area contributed by atoms with E-state index in [0.29, 0.717) is 0 Å². The van der Waals surface area contributed by atoms with Gasteiger partial charge >= 0.3 is 0 Å². The summed E-state index contributed by atoms with van der Waals surface area (Å²) in [6.07, 6.45) is 3.08. The largest absolute Gasteiger partial charge is 0.294 e. The summed E-state index contributed by atoms with van der Waals surface area (Å²) in [4.78, 5) is 6.98. The van der Waals surface area contributed by atoms with Crippen LogP contribution in [0, 0.1) is 0 Å². The molecule has 0 saturated heterocycles. The zero-order valence-corrected chi connectivity index (χ0v) is 12.0. The molecule has 2 heteroatoms. The van der Waals surface area contributed by atoms with Crippen molar-refractivity contribution >= 4 is 10.9 Å². The molecule has 0 saturated carbocycles. The molecule has 0 unspecified atom stereocenters. The Morgan fingerprint density at radius 2 is 1.71 bits per heavy atom. The zero-order chi connectivity index (χ0) is 14.1. The first-order valence-corrected chi connectivity index (χ1v) is 7.52. The van der Waals surface area contributed by atoms with E-state index in [9.17, 15) is 0 Å². The summed E-state index contributed by atoms with van der Waals surface area (Å²) in [7, 11) is 0. The molecule has 1 aliphatic rings. The molecule has 0 N–H and O–H groups in total. The molecule has 2 nitrogen and oxygen atoms in total. The summed E-state index contributed by atoms with van der Waals surface area (Å²) >= 11 is 0. The molecule has 0 amide bonds. The van der Waals surface area contributed by atoms with Gasteiger partial charge in [0.2, 0.25) is 0 Å². The summed E-state index contributed by atoms with van der Waals surface area (Å²) in [5, 5.41) is 1.28. The van der Waals surface area contributed by atoms with Crippen LogP contribution in [0.1, 0.15) is 16.7 Å². The third-order valence-electron chi connectivity index (χ3n) is 4.34. The van der Waals surface area contributed by atoms with Crippen molar-refractivity contribution in [1.29, 1.82) is 0 Å². The van der Waals surface area contributed by atoms with Gasteiger partial charge in [-0.15, -0.1) is 0 Å². The molecule has 0 bridgehead atoms. The quantitative estimate of drug-likeness (QED) is 0.706. The van der Waals surface area contributed by atoms with Crippen LogP contribution in [-0.4, -0.2) is 16.4 Å². The van der Waals surface area contributed by atoms with E-state index in [1.807, 2.05) is 6.20 Å². The van der Waals surface area contributed by atoms with Gasteiger partial charge in [0.15, 0.2) is 0 Å². The summed E-state index contributed by atoms with van der Waals surface area (Å²) in [6, 6.07) is 19.4. The van der Waals surface area contributed by atoms with E-state index in [-0.39, 0.29) is 0 Å². The second kappa shape index (κ2) is 5.30. The van der Waals surface area contributed by atoms with Gasteiger partial charge in [-0.25, -0.2) is 0 Å². The maximum absolute atomic E-state index is 4.45. The molecule has 3 aromatic rings. The Balaban J connectivity index is 1.62. The lowest BCUT2D eigenvalue weighted by atomic mass is 9.99. The highest BCUT2D eigenvalue weighted by Gasteiger charge is 2.16. The first kappa shape index (κ1) is 12.5. The second-order valence-electron chi connectivity index (χ2n) is 5.72. The number of pyridine rings is 1. The van der Waals surface area contributed by atoms with Crippen molar-refractivity contribution in [2.45, 2.75) is 19.5 Å². The van der Waals surface area contributed by atoms with E-state index in [2.05, 4.69) is 64.5 Å². The van der Waals surface area contributed by atoms with Crippen molar-refractivity contribution in [2.24, 2.45) is 0 Å². The standard InChI is InChI=1S/C19H18N2/c1-2-6-16-13-21(12-10-15(16)5-1)14-17-9-11-20-19-8-4-3-7-18(17)19/h1-9,11H,10,12-14H2. The van der Waals surface area contributed by atoms with Crippen LogP contribution in [-0.2, 0) is 19.5 Å². The number of nitrogens with zero attached hydrogens (tertiary/aromatic N) is 2. The number of aromatic nitrogens is 1. The van der Waals surface area contributed by atoms with Gasteiger partial charge in [0.25, 0.3) is 0 Å². The average molecular weight is 274 g/mol. The van der Waals surface area contributed by atoms with E-state index < -0.39 is 0 Å². The molecule has 0 aliphatic carbocycles. The van der Waals surface area contributed by atoms with Gasteiger partial charge < -0.3 is 0 Å². The number of hydrogen-bond donors (Lipinski definition) is 0. The summed E-state index contributed by atoms with van der Waals surface area (Å²) < 4.78 is 0. The van der Waals surface area contributed by atoms with Crippen LogP contribution in [0.4, 0.5) is 0 Å². The molecule has 0 atom stereocenters. The van der Waals surface area contributed by atoms with E-state index in [4.69, 9.17) is 0 Å².